The molecule has 0 atom stereocenters. The number of ether oxygens (including phenoxy) is 2. The highest BCUT2D eigenvalue weighted by atomic mass is 127. The van der Waals surface area contributed by atoms with Crippen LogP contribution in [0.25, 0.3) is 0 Å². The van der Waals surface area contributed by atoms with Gasteiger partial charge in [0.15, 0.2) is 0 Å². The number of esters is 1. The summed E-state index contributed by atoms with van der Waals surface area (Å²) in [5.41, 5.74) is 0. The minimum atomic E-state index is -0.197. The molecular weight excluding hydrogens is 331 g/mol. The monoisotopic (exact) mass is 348 g/mol. The molecule has 17 heavy (non-hydrogen) atoms. The Morgan fingerprint density at radius 2 is 2.12 bits per heavy atom. The van der Waals surface area contributed by atoms with E-state index in [4.69, 9.17) is 9.47 Å². The van der Waals surface area contributed by atoms with Crippen LogP contribution in [-0.2, 0) is 4.79 Å². The molecule has 0 bridgehead atoms. The summed E-state index contributed by atoms with van der Waals surface area (Å²) in [6.07, 6.45) is 2.25. The molecule has 0 aliphatic carbocycles. The summed E-state index contributed by atoms with van der Waals surface area (Å²) >= 11 is 2.31. The van der Waals surface area contributed by atoms with Crippen LogP contribution in [0.2, 0.25) is 0 Å². The fourth-order valence-electron chi connectivity index (χ4n) is 1.26. The average Bonchev–Trinajstić information content (AvgIpc) is 2.30. The van der Waals surface area contributed by atoms with Crippen LogP contribution in [0.3, 0.4) is 0 Å². The lowest BCUT2D eigenvalue weighted by Crippen LogP contribution is -2.07. The van der Waals surface area contributed by atoms with Crippen LogP contribution in [-0.4, -0.2) is 17.0 Å². The van der Waals surface area contributed by atoms with Crippen molar-refractivity contribution >= 4 is 28.6 Å². The second kappa shape index (κ2) is 8.33. The first-order valence-corrected chi connectivity index (χ1v) is 7.28. The number of benzene rings is 1. The summed E-state index contributed by atoms with van der Waals surface area (Å²) in [6.45, 7) is 2.64. The molecule has 0 saturated heterocycles. The minimum absolute atomic E-state index is 0.197. The molecule has 0 N–H and O–H groups in total. The molecule has 0 heterocycles. The smallest absolute Gasteiger partial charge is 0.311 e. The molecule has 0 aliphatic heterocycles. The maximum Gasteiger partial charge on any atom is 0.311 e. The van der Waals surface area contributed by atoms with Crippen molar-refractivity contribution in [2.24, 2.45) is 0 Å². The van der Waals surface area contributed by atoms with Gasteiger partial charge in [0.2, 0.25) is 0 Å². The van der Waals surface area contributed by atoms with Crippen LogP contribution < -0.4 is 9.47 Å². The third-order valence-corrected chi connectivity index (χ3v) is 2.80. The Morgan fingerprint density at radius 3 is 2.82 bits per heavy atom. The van der Waals surface area contributed by atoms with E-state index in [-0.39, 0.29) is 5.97 Å². The topological polar surface area (TPSA) is 35.5 Å². The van der Waals surface area contributed by atoms with Crippen molar-refractivity contribution in [1.82, 2.24) is 0 Å². The van der Waals surface area contributed by atoms with Gasteiger partial charge in [-0.05, 0) is 25.0 Å². The number of rotatable bonds is 7. The number of hydrogen-bond donors (Lipinski definition) is 0. The Bertz CT molecular complexity index is 352. The predicted octanol–water partition coefficient (Wildman–Crippen LogP) is 3.60. The van der Waals surface area contributed by atoms with Crippen molar-refractivity contribution in [3.63, 3.8) is 0 Å². The fourth-order valence-corrected chi connectivity index (χ4v) is 1.57. The lowest BCUT2D eigenvalue weighted by atomic mass is 10.3. The SMILES string of the molecule is CCCC(=O)Oc1cccc(OCCCI)c1. The summed E-state index contributed by atoms with van der Waals surface area (Å²) in [5.74, 6) is 1.10. The van der Waals surface area contributed by atoms with Gasteiger partial charge in [-0.3, -0.25) is 4.79 Å². The number of halogens is 1. The van der Waals surface area contributed by atoms with Crippen molar-refractivity contribution < 1.29 is 14.3 Å². The van der Waals surface area contributed by atoms with Crippen LogP contribution in [0.5, 0.6) is 11.5 Å². The molecule has 3 nitrogen and oxygen atoms in total. The van der Waals surface area contributed by atoms with E-state index in [0.717, 1.165) is 23.0 Å². The van der Waals surface area contributed by atoms with E-state index in [1.807, 2.05) is 19.1 Å². The second-order valence-corrected chi connectivity index (χ2v) is 4.67. The van der Waals surface area contributed by atoms with E-state index < -0.39 is 0 Å². The minimum Gasteiger partial charge on any atom is -0.493 e. The van der Waals surface area contributed by atoms with Gasteiger partial charge in [0.05, 0.1) is 6.61 Å². The summed E-state index contributed by atoms with van der Waals surface area (Å²) in [6, 6.07) is 7.21. The molecule has 1 aromatic rings. The molecule has 0 saturated carbocycles. The second-order valence-electron chi connectivity index (χ2n) is 3.59. The maximum atomic E-state index is 11.3. The molecule has 0 fully saturated rings. The van der Waals surface area contributed by atoms with Crippen LogP contribution in [0.4, 0.5) is 0 Å². The first kappa shape index (κ1) is 14.3. The van der Waals surface area contributed by atoms with Gasteiger partial charge in [-0.2, -0.15) is 0 Å². The molecule has 0 amide bonds. The quantitative estimate of drug-likeness (QED) is 0.248. The lowest BCUT2D eigenvalue weighted by Gasteiger charge is -2.07. The Balaban J connectivity index is 2.50. The van der Waals surface area contributed by atoms with Crippen molar-refractivity contribution in [3.8, 4) is 11.5 Å². The first-order chi connectivity index (χ1) is 8.26. The van der Waals surface area contributed by atoms with Gasteiger partial charge in [-0.25, -0.2) is 0 Å². The van der Waals surface area contributed by atoms with Crippen molar-refractivity contribution in [3.05, 3.63) is 24.3 Å². The van der Waals surface area contributed by atoms with Crippen LogP contribution in [0.15, 0.2) is 24.3 Å². The molecule has 1 rings (SSSR count). The average molecular weight is 348 g/mol. The lowest BCUT2D eigenvalue weighted by molar-refractivity contribution is -0.134. The van der Waals surface area contributed by atoms with Crippen molar-refractivity contribution in [1.29, 1.82) is 0 Å². The number of carbonyl (C=O) groups excluding carboxylic acids is 1. The Labute approximate surface area is 116 Å². The molecule has 0 aromatic heterocycles. The highest BCUT2D eigenvalue weighted by Crippen LogP contribution is 2.20. The molecule has 0 radical (unpaired) electrons. The van der Waals surface area contributed by atoms with Crippen molar-refractivity contribution in [2.45, 2.75) is 26.2 Å². The van der Waals surface area contributed by atoms with Crippen LogP contribution in [0, 0.1) is 0 Å². The summed E-state index contributed by atoms with van der Waals surface area (Å²) in [5, 5.41) is 0. The Kier molecular flexibility index (Phi) is 7.00. The highest BCUT2D eigenvalue weighted by Gasteiger charge is 2.04. The first-order valence-electron chi connectivity index (χ1n) is 5.75. The Hall–Kier alpha value is -0.780. The van der Waals surface area contributed by atoms with Gasteiger partial charge < -0.3 is 9.47 Å². The summed E-state index contributed by atoms with van der Waals surface area (Å²) in [7, 11) is 0. The van der Waals surface area contributed by atoms with Crippen LogP contribution >= 0.6 is 22.6 Å². The number of carbonyl (C=O) groups is 1. The molecule has 0 spiro atoms. The maximum absolute atomic E-state index is 11.3. The number of hydrogen-bond acceptors (Lipinski definition) is 3. The highest BCUT2D eigenvalue weighted by molar-refractivity contribution is 14.1. The number of alkyl halides is 1. The van der Waals surface area contributed by atoms with Gasteiger partial charge in [-0.15, -0.1) is 0 Å². The van der Waals surface area contributed by atoms with E-state index >= 15 is 0 Å². The van der Waals surface area contributed by atoms with E-state index in [1.165, 1.54) is 0 Å². The van der Waals surface area contributed by atoms with Crippen molar-refractivity contribution in [2.75, 3.05) is 11.0 Å². The van der Waals surface area contributed by atoms with E-state index in [9.17, 15) is 4.79 Å². The summed E-state index contributed by atoms with van der Waals surface area (Å²) in [4.78, 5) is 11.3. The zero-order valence-corrected chi connectivity index (χ0v) is 12.1. The molecular formula is C13H17IO3. The predicted molar refractivity (Wildman–Crippen MR) is 76.0 cm³/mol. The molecule has 0 aliphatic rings. The molecule has 4 heteroatoms. The van der Waals surface area contributed by atoms with E-state index in [2.05, 4.69) is 22.6 Å². The third-order valence-electron chi connectivity index (χ3n) is 2.04. The normalized spacial score (nSPS) is 10.0. The zero-order chi connectivity index (χ0) is 12.5. The van der Waals surface area contributed by atoms with Gasteiger partial charge in [0.1, 0.15) is 11.5 Å². The molecule has 0 unspecified atom stereocenters. The largest absolute Gasteiger partial charge is 0.493 e. The molecule has 94 valence electrons. The van der Waals surface area contributed by atoms with Gasteiger partial charge in [-0.1, -0.05) is 35.6 Å². The standard InChI is InChI=1S/C13H17IO3/c1-2-5-13(15)17-12-7-3-6-11(10-12)16-9-4-8-14/h3,6-7,10H,2,4-5,8-9H2,1H3. The fraction of sp³-hybridized carbons (Fsp3) is 0.462. The zero-order valence-electron chi connectivity index (χ0n) is 9.95. The third kappa shape index (κ3) is 5.91. The van der Waals surface area contributed by atoms with Gasteiger partial charge in [0, 0.05) is 16.9 Å². The molecule has 1 aromatic carbocycles. The summed E-state index contributed by atoms with van der Waals surface area (Å²) < 4.78 is 11.8. The Morgan fingerprint density at radius 1 is 1.35 bits per heavy atom. The van der Waals surface area contributed by atoms with E-state index in [1.54, 1.807) is 12.1 Å². The van der Waals surface area contributed by atoms with Crippen LogP contribution in [0.1, 0.15) is 26.2 Å². The van der Waals surface area contributed by atoms with Gasteiger partial charge in [0.25, 0.3) is 0 Å². The van der Waals surface area contributed by atoms with E-state index in [0.29, 0.717) is 18.8 Å². The van der Waals surface area contributed by atoms with Gasteiger partial charge >= 0.3 is 5.97 Å².